The molecule has 0 radical (unpaired) electrons. The Morgan fingerprint density at radius 3 is 2.50 bits per heavy atom. The molecule has 2 N–H and O–H groups in total. The summed E-state index contributed by atoms with van der Waals surface area (Å²) in [6, 6.07) is 6.68. The molecule has 1 aromatic heterocycles. The molecule has 0 aliphatic carbocycles. The summed E-state index contributed by atoms with van der Waals surface area (Å²) in [5.74, 6) is 0.422. The summed E-state index contributed by atoms with van der Waals surface area (Å²) >= 11 is 0. The molecule has 0 aliphatic heterocycles. The van der Waals surface area contributed by atoms with Crippen molar-refractivity contribution in [1.82, 2.24) is 10.2 Å². The van der Waals surface area contributed by atoms with Crippen LogP contribution in [0.2, 0.25) is 0 Å². The zero-order valence-corrected chi connectivity index (χ0v) is 8.51. The standard InChI is InChI=1S/C10H9N3O3/c1-6(14)15-8-4-2-7(3-5-8)9-12-13-10(11)16-9/h2-5H,1H3,(H2,11,13). The highest BCUT2D eigenvalue weighted by Crippen LogP contribution is 2.21. The van der Waals surface area contributed by atoms with E-state index >= 15 is 0 Å². The average Bonchev–Trinajstić information content (AvgIpc) is 2.65. The van der Waals surface area contributed by atoms with Gasteiger partial charge in [-0.2, -0.15) is 0 Å². The molecule has 0 aliphatic rings. The van der Waals surface area contributed by atoms with E-state index in [2.05, 4.69) is 10.2 Å². The van der Waals surface area contributed by atoms with Gasteiger partial charge in [-0.05, 0) is 24.3 Å². The predicted molar refractivity (Wildman–Crippen MR) is 55.5 cm³/mol. The van der Waals surface area contributed by atoms with Crippen molar-refractivity contribution >= 4 is 12.0 Å². The molecule has 82 valence electrons. The van der Waals surface area contributed by atoms with Crippen molar-refractivity contribution in [2.45, 2.75) is 6.92 Å². The van der Waals surface area contributed by atoms with Crippen LogP contribution in [0, 0.1) is 0 Å². The van der Waals surface area contributed by atoms with Crippen LogP contribution in [0.1, 0.15) is 6.92 Å². The molecule has 0 spiro atoms. The largest absolute Gasteiger partial charge is 0.427 e. The van der Waals surface area contributed by atoms with Crippen LogP contribution in [-0.4, -0.2) is 16.2 Å². The Kier molecular flexibility index (Phi) is 2.55. The van der Waals surface area contributed by atoms with Gasteiger partial charge in [0.05, 0.1) is 0 Å². The molecule has 0 amide bonds. The topological polar surface area (TPSA) is 91.2 Å². The second kappa shape index (κ2) is 4.01. The molecule has 0 bridgehead atoms. The van der Waals surface area contributed by atoms with Gasteiger partial charge in [0.25, 0.3) is 0 Å². The Balaban J connectivity index is 2.22. The second-order valence-corrected chi connectivity index (χ2v) is 3.06. The molecule has 0 saturated carbocycles. The number of ether oxygens (including phenoxy) is 1. The summed E-state index contributed by atoms with van der Waals surface area (Å²) in [6.07, 6.45) is 0. The summed E-state index contributed by atoms with van der Waals surface area (Å²) in [6.45, 7) is 1.34. The van der Waals surface area contributed by atoms with E-state index in [4.69, 9.17) is 14.9 Å². The molecular formula is C10H9N3O3. The quantitative estimate of drug-likeness (QED) is 0.603. The van der Waals surface area contributed by atoms with E-state index in [0.717, 1.165) is 0 Å². The number of benzene rings is 1. The van der Waals surface area contributed by atoms with Gasteiger partial charge in [-0.25, -0.2) is 0 Å². The number of hydrogen-bond donors (Lipinski definition) is 1. The van der Waals surface area contributed by atoms with Crippen LogP contribution in [0.3, 0.4) is 0 Å². The maximum absolute atomic E-state index is 10.7. The number of nitrogen functional groups attached to an aromatic ring is 1. The molecular weight excluding hydrogens is 210 g/mol. The highest BCUT2D eigenvalue weighted by molar-refractivity contribution is 5.69. The number of nitrogens with zero attached hydrogens (tertiary/aromatic N) is 2. The number of anilines is 1. The van der Waals surface area contributed by atoms with Crippen molar-refractivity contribution in [3.05, 3.63) is 24.3 Å². The number of carbonyl (C=O) groups is 1. The van der Waals surface area contributed by atoms with Crippen molar-refractivity contribution < 1.29 is 13.9 Å². The molecule has 1 aromatic carbocycles. The summed E-state index contributed by atoms with van der Waals surface area (Å²) < 4.78 is 9.92. The normalized spacial score (nSPS) is 10.1. The van der Waals surface area contributed by atoms with Gasteiger partial charge in [0.1, 0.15) is 5.75 Å². The summed E-state index contributed by atoms with van der Waals surface area (Å²) in [7, 11) is 0. The fraction of sp³-hybridized carbons (Fsp3) is 0.100. The minimum Gasteiger partial charge on any atom is -0.427 e. The fourth-order valence-electron chi connectivity index (χ4n) is 1.18. The van der Waals surface area contributed by atoms with Crippen molar-refractivity contribution in [2.24, 2.45) is 0 Å². The lowest BCUT2D eigenvalue weighted by atomic mass is 10.2. The van der Waals surface area contributed by atoms with Crippen molar-refractivity contribution in [2.75, 3.05) is 5.73 Å². The zero-order chi connectivity index (χ0) is 11.5. The number of hydrogen-bond acceptors (Lipinski definition) is 6. The van der Waals surface area contributed by atoms with Crippen LogP contribution >= 0.6 is 0 Å². The Morgan fingerprint density at radius 1 is 1.31 bits per heavy atom. The molecule has 0 atom stereocenters. The molecule has 0 saturated heterocycles. The van der Waals surface area contributed by atoms with Gasteiger partial charge < -0.3 is 14.9 Å². The van der Waals surface area contributed by atoms with E-state index in [9.17, 15) is 4.79 Å². The number of nitrogens with two attached hydrogens (primary N) is 1. The zero-order valence-electron chi connectivity index (χ0n) is 8.51. The maximum Gasteiger partial charge on any atom is 0.313 e. The smallest absolute Gasteiger partial charge is 0.313 e. The van der Waals surface area contributed by atoms with Gasteiger partial charge in [-0.3, -0.25) is 4.79 Å². The van der Waals surface area contributed by atoms with Gasteiger partial charge in [-0.1, -0.05) is 5.10 Å². The predicted octanol–water partition coefficient (Wildman–Crippen LogP) is 1.24. The van der Waals surface area contributed by atoms with Crippen LogP contribution in [0.15, 0.2) is 28.7 Å². The van der Waals surface area contributed by atoms with E-state index in [1.54, 1.807) is 24.3 Å². The van der Waals surface area contributed by atoms with Crippen LogP contribution in [0.5, 0.6) is 5.75 Å². The summed E-state index contributed by atoms with van der Waals surface area (Å²) in [5, 5.41) is 7.27. The molecule has 0 unspecified atom stereocenters. The van der Waals surface area contributed by atoms with Gasteiger partial charge in [0, 0.05) is 12.5 Å². The Hall–Kier alpha value is -2.37. The van der Waals surface area contributed by atoms with Crippen molar-refractivity contribution in [3.8, 4) is 17.2 Å². The number of rotatable bonds is 2. The Labute approximate surface area is 91.0 Å². The highest BCUT2D eigenvalue weighted by Gasteiger charge is 2.06. The van der Waals surface area contributed by atoms with E-state index < -0.39 is 0 Å². The lowest BCUT2D eigenvalue weighted by Gasteiger charge is -2.00. The minimum absolute atomic E-state index is 0.0130. The first-order chi connectivity index (χ1) is 7.65. The SMILES string of the molecule is CC(=O)Oc1ccc(-c2nnc(N)o2)cc1. The number of carbonyl (C=O) groups excluding carboxylic acids is 1. The highest BCUT2D eigenvalue weighted by atomic mass is 16.5. The summed E-state index contributed by atoms with van der Waals surface area (Å²) in [5.41, 5.74) is 6.01. The van der Waals surface area contributed by atoms with E-state index in [1.165, 1.54) is 6.92 Å². The van der Waals surface area contributed by atoms with Crippen molar-refractivity contribution in [1.29, 1.82) is 0 Å². The number of aromatic nitrogens is 2. The Morgan fingerprint density at radius 2 is 2.00 bits per heavy atom. The maximum atomic E-state index is 10.7. The molecule has 6 heteroatoms. The third-order valence-electron chi connectivity index (χ3n) is 1.80. The second-order valence-electron chi connectivity index (χ2n) is 3.06. The third kappa shape index (κ3) is 2.17. The first-order valence-corrected chi connectivity index (χ1v) is 4.53. The van der Waals surface area contributed by atoms with E-state index in [-0.39, 0.29) is 12.0 Å². The first-order valence-electron chi connectivity index (χ1n) is 4.53. The average molecular weight is 219 g/mol. The lowest BCUT2D eigenvalue weighted by molar-refractivity contribution is -0.131. The van der Waals surface area contributed by atoms with Gasteiger partial charge in [0.15, 0.2) is 0 Å². The third-order valence-corrected chi connectivity index (χ3v) is 1.80. The van der Waals surface area contributed by atoms with Crippen LogP contribution in [-0.2, 0) is 4.79 Å². The van der Waals surface area contributed by atoms with Crippen LogP contribution in [0.25, 0.3) is 11.5 Å². The molecule has 2 rings (SSSR count). The molecule has 1 heterocycles. The van der Waals surface area contributed by atoms with Gasteiger partial charge in [-0.15, -0.1) is 5.10 Å². The fourth-order valence-corrected chi connectivity index (χ4v) is 1.18. The van der Waals surface area contributed by atoms with Crippen LogP contribution in [0.4, 0.5) is 6.01 Å². The monoisotopic (exact) mass is 219 g/mol. The molecule has 6 nitrogen and oxygen atoms in total. The molecule has 16 heavy (non-hydrogen) atoms. The molecule has 2 aromatic rings. The number of esters is 1. The molecule has 0 fully saturated rings. The van der Waals surface area contributed by atoms with Gasteiger partial charge in [0.2, 0.25) is 5.89 Å². The summed E-state index contributed by atoms with van der Waals surface area (Å²) in [4.78, 5) is 10.7. The van der Waals surface area contributed by atoms with E-state index in [1.807, 2.05) is 0 Å². The van der Waals surface area contributed by atoms with Crippen molar-refractivity contribution in [3.63, 3.8) is 0 Å². The van der Waals surface area contributed by atoms with Crippen LogP contribution < -0.4 is 10.5 Å². The first kappa shape index (κ1) is 10.2. The minimum atomic E-state index is -0.366. The van der Waals surface area contributed by atoms with Gasteiger partial charge >= 0.3 is 12.0 Å². The van der Waals surface area contributed by atoms with E-state index in [0.29, 0.717) is 17.2 Å². The Bertz CT molecular complexity index is 504. The lowest BCUT2D eigenvalue weighted by Crippen LogP contribution is -2.00.